The molecule has 3 nitrogen and oxygen atoms in total. The van der Waals surface area contributed by atoms with Gasteiger partial charge in [0.25, 0.3) is 5.91 Å². The summed E-state index contributed by atoms with van der Waals surface area (Å²) in [7, 11) is 0. The minimum absolute atomic E-state index is 0.0639. The third kappa shape index (κ3) is 4.20. The summed E-state index contributed by atoms with van der Waals surface area (Å²) in [5.74, 6) is 0.582. The molecule has 0 aromatic heterocycles. The van der Waals surface area contributed by atoms with Crippen LogP contribution >= 0.6 is 43.5 Å². The second-order valence-corrected chi connectivity index (χ2v) is 6.82. The van der Waals surface area contributed by atoms with E-state index >= 15 is 0 Å². The van der Waals surface area contributed by atoms with Gasteiger partial charge < -0.3 is 9.64 Å². The van der Waals surface area contributed by atoms with Crippen molar-refractivity contribution < 1.29 is 9.53 Å². The van der Waals surface area contributed by atoms with Crippen LogP contribution in [0.15, 0.2) is 27.1 Å². The van der Waals surface area contributed by atoms with Crippen LogP contribution in [0.5, 0.6) is 0 Å². The van der Waals surface area contributed by atoms with Gasteiger partial charge >= 0.3 is 0 Å². The van der Waals surface area contributed by atoms with E-state index in [1.807, 2.05) is 23.1 Å². The van der Waals surface area contributed by atoms with Crippen LogP contribution < -0.4 is 0 Å². The van der Waals surface area contributed by atoms with Crippen molar-refractivity contribution in [2.75, 3.05) is 25.6 Å². The van der Waals surface area contributed by atoms with Crippen molar-refractivity contribution in [1.82, 2.24) is 4.90 Å². The van der Waals surface area contributed by atoms with Crippen LogP contribution in [-0.2, 0) is 4.74 Å². The maximum atomic E-state index is 12.5. The van der Waals surface area contributed by atoms with Gasteiger partial charge in [-0.15, -0.1) is 11.6 Å². The molecule has 2 rings (SSSR count). The molecule has 0 atom stereocenters. The monoisotopic (exact) mass is 423 g/mol. The van der Waals surface area contributed by atoms with Crippen LogP contribution in [-0.4, -0.2) is 42.5 Å². The minimum atomic E-state index is 0.0639. The van der Waals surface area contributed by atoms with Gasteiger partial charge in [0.1, 0.15) is 0 Å². The Labute approximate surface area is 140 Å². The number of hydrogen-bond acceptors (Lipinski definition) is 2. The highest BCUT2D eigenvalue weighted by Crippen LogP contribution is 2.24. The zero-order valence-corrected chi connectivity index (χ0v) is 14.9. The lowest BCUT2D eigenvalue weighted by molar-refractivity contribution is 0.0154. The minimum Gasteiger partial charge on any atom is -0.377 e. The molecule has 1 aliphatic heterocycles. The van der Waals surface area contributed by atoms with Crippen molar-refractivity contribution in [3.05, 3.63) is 32.7 Å². The molecule has 0 saturated carbocycles. The highest BCUT2D eigenvalue weighted by molar-refractivity contribution is 9.11. The molecule has 1 aromatic carbocycles. The fourth-order valence-corrected chi connectivity index (χ4v) is 3.13. The van der Waals surface area contributed by atoms with Crippen LogP contribution in [0.25, 0.3) is 0 Å². The Hall–Kier alpha value is -0.100. The lowest BCUT2D eigenvalue weighted by Crippen LogP contribution is -2.41. The van der Waals surface area contributed by atoms with Crippen molar-refractivity contribution in [3.8, 4) is 0 Å². The Balaban J connectivity index is 1.96. The number of halogens is 3. The number of benzene rings is 1. The Morgan fingerprint density at radius 2 is 2.05 bits per heavy atom. The molecule has 0 N–H and O–H groups in total. The molecule has 110 valence electrons. The summed E-state index contributed by atoms with van der Waals surface area (Å²) in [4.78, 5) is 14.4. The molecular weight excluding hydrogens is 409 g/mol. The van der Waals surface area contributed by atoms with Crippen molar-refractivity contribution in [2.24, 2.45) is 0 Å². The number of nitrogens with zero attached hydrogens (tertiary/aromatic N) is 1. The maximum Gasteiger partial charge on any atom is 0.255 e. The predicted octanol–water partition coefficient (Wildman–Crippen LogP) is 4.07. The summed E-state index contributed by atoms with van der Waals surface area (Å²) in [6.07, 6.45) is 1.96. The first kappa shape index (κ1) is 16.3. The zero-order valence-electron chi connectivity index (χ0n) is 10.9. The van der Waals surface area contributed by atoms with Crippen molar-refractivity contribution >= 4 is 49.4 Å². The molecule has 1 saturated heterocycles. The Morgan fingerprint density at radius 1 is 1.35 bits per heavy atom. The van der Waals surface area contributed by atoms with Crippen LogP contribution in [0.4, 0.5) is 0 Å². The Bertz CT molecular complexity index is 476. The van der Waals surface area contributed by atoms with E-state index in [2.05, 4.69) is 31.9 Å². The molecule has 0 radical (unpaired) electrons. The number of carbonyl (C=O) groups excluding carboxylic acids is 1. The number of likely N-dealkylation sites (tertiary alicyclic amines) is 1. The third-order valence-electron chi connectivity index (χ3n) is 3.32. The van der Waals surface area contributed by atoms with Gasteiger partial charge in [-0.1, -0.05) is 15.9 Å². The van der Waals surface area contributed by atoms with E-state index in [4.69, 9.17) is 16.3 Å². The normalized spacial score (nSPS) is 16.4. The fraction of sp³-hybridized carbons (Fsp3) is 0.500. The van der Waals surface area contributed by atoms with Crippen molar-refractivity contribution in [2.45, 2.75) is 18.9 Å². The van der Waals surface area contributed by atoms with E-state index in [9.17, 15) is 4.79 Å². The second kappa shape index (κ2) is 7.78. The number of carbonyl (C=O) groups is 1. The van der Waals surface area contributed by atoms with Crippen LogP contribution in [0.3, 0.4) is 0 Å². The second-order valence-electron chi connectivity index (χ2n) is 4.68. The SMILES string of the molecule is O=C(c1cc(Br)ccc1Br)N1CCC(OCCCl)CC1. The highest BCUT2D eigenvalue weighted by Gasteiger charge is 2.25. The largest absolute Gasteiger partial charge is 0.377 e. The van der Waals surface area contributed by atoms with Crippen LogP contribution in [0.1, 0.15) is 23.2 Å². The Kier molecular flexibility index (Phi) is 6.33. The van der Waals surface area contributed by atoms with Gasteiger partial charge in [0.2, 0.25) is 0 Å². The van der Waals surface area contributed by atoms with E-state index in [0.717, 1.165) is 34.9 Å². The number of hydrogen-bond donors (Lipinski definition) is 0. The van der Waals surface area contributed by atoms with Gasteiger partial charge in [0, 0.05) is 27.9 Å². The molecule has 6 heteroatoms. The predicted molar refractivity (Wildman–Crippen MR) is 87.4 cm³/mol. The van der Waals surface area contributed by atoms with E-state index in [0.29, 0.717) is 18.1 Å². The zero-order chi connectivity index (χ0) is 14.5. The molecule has 1 aliphatic rings. The first-order chi connectivity index (χ1) is 9.61. The smallest absolute Gasteiger partial charge is 0.255 e. The summed E-state index contributed by atoms with van der Waals surface area (Å²) in [5.41, 5.74) is 0.694. The molecule has 20 heavy (non-hydrogen) atoms. The summed E-state index contributed by atoms with van der Waals surface area (Å²) in [6, 6.07) is 5.64. The van der Waals surface area contributed by atoms with Crippen LogP contribution in [0, 0.1) is 0 Å². The maximum absolute atomic E-state index is 12.5. The molecule has 1 heterocycles. The van der Waals surface area contributed by atoms with Gasteiger partial charge in [-0.25, -0.2) is 0 Å². The molecule has 0 unspecified atom stereocenters. The van der Waals surface area contributed by atoms with E-state index in [-0.39, 0.29) is 12.0 Å². The number of rotatable bonds is 4. The molecule has 1 fully saturated rings. The van der Waals surface area contributed by atoms with Gasteiger partial charge in [-0.2, -0.15) is 0 Å². The summed E-state index contributed by atoms with van der Waals surface area (Å²) >= 11 is 12.5. The topological polar surface area (TPSA) is 29.5 Å². The molecule has 0 aliphatic carbocycles. The average molecular weight is 426 g/mol. The summed E-state index contributed by atoms with van der Waals surface area (Å²) in [5, 5.41) is 0. The van der Waals surface area contributed by atoms with Crippen LogP contribution in [0.2, 0.25) is 0 Å². The number of ether oxygens (including phenoxy) is 1. The van der Waals surface area contributed by atoms with Gasteiger partial charge in [-0.05, 0) is 47.0 Å². The van der Waals surface area contributed by atoms with E-state index in [1.165, 1.54) is 0 Å². The number of piperidine rings is 1. The van der Waals surface area contributed by atoms with Gasteiger partial charge in [0.15, 0.2) is 0 Å². The third-order valence-corrected chi connectivity index (χ3v) is 4.66. The van der Waals surface area contributed by atoms with E-state index in [1.54, 1.807) is 0 Å². The van der Waals surface area contributed by atoms with Gasteiger partial charge in [-0.3, -0.25) is 4.79 Å². The highest BCUT2D eigenvalue weighted by atomic mass is 79.9. The number of alkyl halides is 1. The lowest BCUT2D eigenvalue weighted by Gasteiger charge is -2.32. The molecule has 1 amide bonds. The van der Waals surface area contributed by atoms with Gasteiger partial charge in [0.05, 0.1) is 18.3 Å². The van der Waals surface area contributed by atoms with E-state index < -0.39 is 0 Å². The lowest BCUT2D eigenvalue weighted by atomic mass is 10.1. The summed E-state index contributed by atoms with van der Waals surface area (Å²) < 4.78 is 7.35. The average Bonchev–Trinajstić information content (AvgIpc) is 2.47. The first-order valence-electron chi connectivity index (χ1n) is 6.53. The summed E-state index contributed by atoms with van der Waals surface area (Å²) in [6.45, 7) is 2.03. The first-order valence-corrected chi connectivity index (χ1v) is 8.65. The fourth-order valence-electron chi connectivity index (χ4n) is 2.27. The van der Waals surface area contributed by atoms with Crippen molar-refractivity contribution in [3.63, 3.8) is 0 Å². The quantitative estimate of drug-likeness (QED) is 0.681. The molecule has 0 spiro atoms. The Morgan fingerprint density at radius 3 is 2.70 bits per heavy atom. The molecule has 0 bridgehead atoms. The standard InChI is InChI=1S/C14H16Br2ClNO2/c15-10-1-2-13(16)12(9-10)14(19)18-6-3-11(4-7-18)20-8-5-17/h1-2,9,11H,3-8H2. The molecule has 1 aromatic rings. The number of amides is 1. The molecular formula is C14H16Br2ClNO2. The van der Waals surface area contributed by atoms with Crippen molar-refractivity contribution in [1.29, 1.82) is 0 Å².